The number of nitrogens with one attached hydrogen (secondary N) is 4. The van der Waals surface area contributed by atoms with Crippen molar-refractivity contribution >= 4 is 34.7 Å². The van der Waals surface area contributed by atoms with Gasteiger partial charge in [-0.05, 0) is 82.7 Å². The van der Waals surface area contributed by atoms with Crippen LogP contribution in [0.3, 0.4) is 0 Å². The summed E-state index contributed by atoms with van der Waals surface area (Å²) in [6.07, 6.45) is 0.0321. The number of carbonyl (C=O) groups excluding carboxylic acids is 4. The number of nitrogens with zero attached hydrogens (tertiary/aromatic N) is 1. The molecule has 284 valence electrons. The molecular formula is C39H55N5O8. The molecule has 5 amide bonds. The molecule has 0 aliphatic carbocycles. The predicted octanol–water partition coefficient (Wildman–Crippen LogP) is 5.57. The Labute approximate surface area is 307 Å². The standard InChI is InChI=1S/C39H55N5O8/c1-7-49-36(50-8-2)28(3)44(26-31-21-16-20-30-19-12-13-22-32(30)31)35(46)33(23-14-15-24-40-38(48)52-39(4,5)6)42-34(45)27-51-43-37(47)41-25-29-17-10-9-11-18-29/h9-13,16-22,28,33,36H,7-8,14-15,23-27H2,1-6H3,(H,40,48)(H,42,45)(H2,41,43,47)/t28-,33-/m0/s1. The minimum absolute atomic E-state index is 0.226. The number of hydroxylamine groups is 1. The third-order valence-electron chi connectivity index (χ3n) is 7.94. The van der Waals surface area contributed by atoms with Crippen LogP contribution in [0.15, 0.2) is 72.8 Å². The van der Waals surface area contributed by atoms with Crippen LogP contribution in [0, 0.1) is 0 Å². The first kappa shape index (κ1) is 41.7. The molecule has 3 rings (SSSR count). The van der Waals surface area contributed by atoms with Crippen LogP contribution in [0.25, 0.3) is 10.8 Å². The Morgan fingerprint density at radius 2 is 1.50 bits per heavy atom. The summed E-state index contributed by atoms with van der Waals surface area (Å²) in [5.74, 6) is -0.940. The number of alkyl carbamates (subject to hydrolysis) is 1. The summed E-state index contributed by atoms with van der Waals surface area (Å²) in [5.41, 5.74) is 3.41. The fraction of sp³-hybridized carbons (Fsp3) is 0.487. The molecule has 0 aliphatic heterocycles. The molecule has 0 heterocycles. The third kappa shape index (κ3) is 14.5. The summed E-state index contributed by atoms with van der Waals surface area (Å²) in [7, 11) is 0. The summed E-state index contributed by atoms with van der Waals surface area (Å²) < 4.78 is 17.2. The normalized spacial score (nSPS) is 12.5. The van der Waals surface area contributed by atoms with E-state index in [9.17, 15) is 19.2 Å². The van der Waals surface area contributed by atoms with Gasteiger partial charge < -0.3 is 35.1 Å². The van der Waals surface area contributed by atoms with Crippen LogP contribution in [0.4, 0.5) is 9.59 Å². The first-order chi connectivity index (χ1) is 24.9. The first-order valence-electron chi connectivity index (χ1n) is 17.9. The molecule has 13 heteroatoms. The van der Waals surface area contributed by atoms with Crippen molar-refractivity contribution in [2.45, 2.75) is 97.9 Å². The van der Waals surface area contributed by atoms with Gasteiger partial charge in [0.2, 0.25) is 11.8 Å². The number of urea groups is 1. The van der Waals surface area contributed by atoms with Crippen LogP contribution >= 0.6 is 0 Å². The lowest BCUT2D eigenvalue weighted by Gasteiger charge is -2.37. The summed E-state index contributed by atoms with van der Waals surface area (Å²) in [5, 5.41) is 10.2. The molecule has 0 saturated heterocycles. The van der Waals surface area contributed by atoms with E-state index in [0.29, 0.717) is 32.6 Å². The Kier molecular flexibility index (Phi) is 17.3. The molecule has 0 bridgehead atoms. The van der Waals surface area contributed by atoms with Crippen LogP contribution in [0.1, 0.15) is 71.9 Å². The average molecular weight is 722 g/mol. The Morgan fingerprint density at radius 1 is 0.827 bits per heavy atom. The van der Waals surface area contributed by atoms with Crippen molar-refractivity contribution in [1.29, 1.82) is 0 Å². The van der Waals surface area contributed by atoms with Crippen LogP contribution in [0.5, 0.6) is 0 Å². The minimum atomic E-state index is -0.967. The van der Waals surface area contributed by atoms with Crippen LogP contribution < -0.4 is 21.4 Å². The van der Waals surface area contributed by atoms with E-state index < -0.39 is 48.6 Å². The maximum atomic E-state index is 14.6. The number of ether oxygens (including phenoxy) is 3. The lowest BCUT2D eigenvalue weighted by atomic mass is 10.0. The quantitative estimate of drug-likeness (QED) is 0.0671. The SMILES string of the molecule is CCOC(OCC)[C@H](C)N(Cc1cccc2ccccc12)C(=O)[C@H](CCCCNC(=O)OC(C)(C)C)NC(=O)CONC(=O)NCc1ccccc1. The highest BCUT2D eigenvalue weighted by Crippen LogP contribution is 2.23. The lowest BCUT2D eigenvalue weighted by Crippen LogP contribution is -2.55. The number of hydrogen-bond donors (Lipinski definition) is 4. The number of hydrogen-bond acceptors (Lipinski definition) is 8. The van der Waals surface area contributed by atoms with Crippen molar-refractivity contribution in [2.75, 3.05) is 26.4 Å². The van der Waals surface area contributed by atoms with Gasteiger partial charge in [-0.1, -0.05) is 72.8 Å². The number of fused-ring (bicyclic) bond motifs is 1. The highest BCUT2D eigenvalue weighted by molar-refractivity contribution is 5.89. The maximum absolute atomic E-state index is 14.6. The van der Waals surface area contributed by atoms with Gasteiger partial charge in [0.15, 0.2) is 12.9 Å². The number of rotatable bonds is 20. The average Bonchev–Trinajstić information content (AvgIpc) is 3.11. The van der Waals surface area contributed by atoms with Gasteiger partial charge >= 0.3 is 12.1 Å². The van der Waals surface area contributed by atoms with Crippen LogP contribution in [-0.4, -0.2) is 79.2 Å². The summed E-state index contributed by atoms with van der Waals surface area (Å²) in [6, 6.07) is 21.1. The fourth-order valence-corrected chi connectivity index (χ4v) is 5.49. The van der Waals surface area contributed by atoms with Gasteiger partial charge in [0.1, 0.15) is 11.6 Å². The molecule has 3 aromatic rings. The zero-order valence-corrected chi connectivity index (χ0v) is 31.2. The van der Waals surface area contributed by atoms with E-state index in [-0.39, 0.29) is 25.4 Å². The molecule has 0 radical (unpaired) electrons. The van der Waals surface area contributed by atoms with Gasteiger partial charge in [0.25, 0.3) is 0 Å². The van der Waals surface area contributed by atoms with Gasteiger partial charge in [0, 0.05) is 32.8 Å². The van der Waals surface area contributed by atoms with Crippen LogP contribution in [0.2, 0.25) is 0 Å². The molecule has 0 saturated carbocycles. The van der Waals surface area contributed by atoms with E-state index in [1.165, 1.54) is 0 Å². The van der Waals surface area contributed by atoms with Gasteiger partial charge in [-0.2, -0.15) is 0 Å². The van der Waals surface area contributed by atoms with E-state index >= 15 is 0 Å². The van der Waals surface area contributed by atoms with Crippen molar-refractivity contribution in [3.05, 3.63) is 83.9 Å². The molecule has 0 unspecified atom stereocenters. The molecule has 0 spiro atoms. The van der Waals surface area contributed by atoms with E-state index in [0.717, 1.165) is 21.9 Å². The second kappa shape index (κ2) is 21.6. The summed E-state index contributed by atoms with van der Waals surface area (Å²) in [4.78, 5) is 59.1. The smallest absolute Gasteiger partial charge is 0.407 e. The molecule has 2 atom stereocenters. The summed E-state index contributed by atoms with van der Waals surface area (Å²) in [6.45, 7) is 12.0. The first-order valence-corrected chi connectivity index (χ1v) is 17.9. The number of unbranched alkanes of at least 4 members (excludes halogenated alkanes) is 1. The molecule has 13 nitrogen and oxygen atoms in total. The number of benzene rings is 3. The Balaban J connectivity index is 1.77. The Hall–Kier alpha value is -4.72. The molecule has 0 aromatic heterocycles. The second-order valence-corrected chi connectivity index (χ2v) is 13.2. The molecule has 52 heavy (non-hydrogen) atoms. The number of amides is 5. The second-order valence-electron chi connectivity index (χ2n) is 13.2. The van der Waals surface area contributed by atoms with Crippen molar-refractivity contribution in [2.24, 2.45) is 0 Å². The lowest BCUT2D eigenvalue weighted by molar-refractivity contribution is -0.180. The molecule has 0 aliphatic rings. The van der Waals surface area contributed by atoms with Gasteiger partial charge in [-0.25, -0.2) is 15.1 Å². The van der Waals surface area contributed by atoms with E-state index in [2.05, 4.69) is 21.4 Å². The van der Waals surface area contributed by atoms with Crippen molar-refractivity contribution in [1.82, 2.24) is 26.3 Å². The zero-order valence-electron chi connectivity index (χ0n) is 31.2. The monoisotopic (exact) mass is 721 g/mol. The van der Waals surface area contributed by atoms with Crippen molar-refractivity contribution in [3.8, 4) is 0 Å². The maximum Gasteiger partial charge on any atom is 0.407 e. The van der Waals surface area contributed by atoms with Crippen LogP contribution in [-0.2, 0) is 41.7 Å². The van der Waals surface area contributed by atoms with Gasteiger partial charge in [-0.15, -0.1) is 0 Å². The largest absolute Gasteiger partial charge is 0.444 e. The summed E-state index contributed by atoms with van der Waals surface area (Å²) >= 11 is 0. The highest BCUT2D eigenvalue weighted by Gasteiger charge is 2.34. The third-order valence-corrected chi connectivity index (χ3v) is 7.94. The Bertz CT molecular complexity index is 1550. The molecule has 0 fully saturated rings. The molecule has 4 N–H and O–H groups in total. The number of carbonyl (C=O) groups is 4. The van der Waals surface area contributed by atoms with E-state index in [1.54, 1.807) is 25.7 Å². The van der Waals surface area contributed by atoms with Crippen molar-refractivity contribution < 1.29 is 38.2 Å². The molecular weight excluding hydrogens is 666 g/mol. The van der Waals surface area contributed by atoms with E-state index in [4.69, 9.17) is 19.0 Å². The minimum Gasteiger partial charge on any atom is -0.444 e. The Morgan fingerprint density at radius 3 is 2.19 bits per heavy atom. The fourth-order valence-electron chi connectivity index (χ4n) is 5.49. The van der Waals surface area contributed by atoms with Gasteiger partial charge in [0.05, 0.1) is 6.04 Å². The molecule has 3 aromatic carbocycles. The predicted molar refractivity (Wildman–Crippen MR) is 199 cm³/mol. The van der Waals surface area contributed by atoms with Gasteiger partial charge in [-0.3, -0.25) is 14.4 Å². The van der Waals surface area contributed by atoms with Crippen molar-refractivity contribution in [3.63, 3.8) is 0 Å². The van der Waals surface area contributed by atoms with E-state index in [1.807, 2.05) is 93.6 Å². The topological polar surface area (TPSA) is 157 Å². The highest BCUT2D eigenvalue weighted by atomic mass is 16.7. The zero-order chi connectivity index (χ0) is 37.9.